The number of nitrogens with zero attached hydrogens (tertiary/aromatic N) is 4. The Morgan fingerprint density at radius 3 is 2.92 bits per heavy atom. The first kappa shape index (κ1) is 15.4. The molecule has 0 amide bonds. The van der Waals surface area contributed by atoms with Crippen molar-refractivity contribution in [2.45, 2.75) is 30.8 Å². The van der Waals surface area contributed by atoms with Gasteiger partial charge in [-0.05, 0) is 26.0 Å². The molecule has 5 nitrogen and oxygen atoms in total. The Morgan fingerprint density at radius 1 is 1.25 bits per heavy atom. The number of thiazole rings is 1. The predicted molar refractivity (Wildman–Crippen MR) is 99.0 cm³/mol. The van der Waals surface area contributed by atoms with Gasteiger partial charge in [0.1, 0.15) is 0 Å². The Balaban J connectivity index is 1.68. The van der Waals surface area contributed by atoms with Crippen LogP contribution in [0.3, 0.4) is 0 Å². The van der Waals surface area contributed by atoms with Gasteiger partial charge in [-0.25, -0.2) is 9.97 Å². The second-order valence-electron chi connectivity index (χ2n) is 5.78. The Labute approximate surface area is 147 Å². The fourth-order valence-electron chi connectivity index (χ4n) is 2.72. The van der Waals surface area contributed by atoms with Crippen molar-refractivity contribution < 1.29 is 0 Å². The molecule has 0 saturated carbocycles. The summed E-state index contributed by atoms with van der Waals surface area (Å²) < 4.78 is 3.80. The predicted octanol–water partition coefficient (Wildman–Crippen LogP) is 3.98. The first-order chi connectivity index (χ1) is 11.6. The highest BCUT2D eigenvalue weighted by Gasteiger charge is 2.14. The molecule has 4 aromatic rings. The zero-order valence-corrected chi connectivity index (χ0v) is 15.0. The van der Waals surface area contributed by atoms with Gasteiger partial charge in [0.05, 0.1) is 16.7 Å². The molecule has 0 aliphatic rings. The summed E-state index contributed by atoms with van der Waals surface area (Å²) in [5, 5.41) is 2.83. The lowest BCUT2D eigenvalue weighted by atomic mass is 10.3. The van der Waals surface area contributed by atoms with Gasteiger partial charge in [0.15, 0.2) is 10.1 Å². The molecule has 0 fully saturated rings. The average Bonchev–Trinajstić information content (AvgIpc) is 3.16. The van der Waals surface area contributed by atoms with E-state index in [2.05, 4.69) is 29.5 Å². The Morgan fingerprint density at radius 2 is 2.08 bits per heavy atom. The van der Waals surface area contributed by atoms with Gasteiger partial charge in [-0.15, -0.1) is 11.3 Å². The fraction of sp³-hybridized carbons (Fsp3) is 0.235. The van der Waals surface area contributed by atoms with Crippen molar-refractivity contribution in [3.63, 3.8) is 0 Å². The highest BCUT2D eigenvalue weighted by molar-refractivity contribution is 7.98. The molecule has 122 valence electrons. The number of rotatable bonds is 4. The van der Waals surface area contributed by atoms with Crippen LogP contribution in [0.2, 0.25) is 0 Å². The smallest absolute Gasteiger partial charge is 0.258 e. The van der Waals surface area contributed by atoms with Gasteiger partial charge in [0, 0.05) is 29.4 Å². The van der Waals surface area contributed by atoms with Crippen molar-refractivity contribution >= 4 is 39.1 Å². The molecule has 1 aromatic carbocycles. The van der Waals surface area contributed by atoms with E-state index in [4.69, 9.17) is 4.98 Å². The fourth-order valence-corrected chi connectivity index (χ4v) is 4.50. The molecule has 24 heavy (non-hydrogen) atoms. The van der Waals surface area contributed by atoms with Crippen molar-refractivity contribution in [3.8, 4) is 0 Å². The first-order valence-electron chi connectivity index (χ1n) is 7.69. The van der Waals surface area contributed by atoms with Crippen LogP contribution in [0.1, 0.15) is 25.6 Å². The quantitative estimate of drug-likeness (QED) is 0.519. The maximum atomic E-state index is 12.1. The van der Waals surface area contributed by atoms with Crippen LogP contribution in [0, 0.1) is 0 Å². The van der Waals surface area contributed by atoms with Crippen molar-refractivity contribution in [2.75, 3.05) is 0 Å². The minimum atomic E-state index is -0.0331. The van der Waals surface area contributed by atoms with E-state index in [1.807, 2.05) is 23.6 Å². The summed E-state index contributed by atoms with van der Waals surface area (Å²) in [5.74, 6) is 0.625. The van der Waals surface area contributed by atoms with Crippen LogP contribution in [-0.2, 0) is 5.75 Å². The number of benzene rings is 1. The van der Waals surface area contributed by atoms with Crippen molar-refractivity contribution in [2.24, 2.45) is 0 Å². The molecule has 3 aromatic heterocycles. The normalized spacial score (nSPS) is 11.8. The summed E-state index contributed by atoms with van der Waals surface area (Å²) in [7, 11) is 0. The summed E-state index contributed by atoms with van der Waals surface area (Å²) in [5.41, 5.74) is 2.89. The van der Waals surface area contributed by atoms with E-state index in [0.29, 0.717) is 11.8 Å². The topological polar surface area (TPSA) is 52.2 Å². The third-order valence-electron chi connectivity index (χ3n) is 3.79. The van der Waals surface area contributed by atoms with Crippen LogP contribution in [-0.4, -0.2) is 18.9 Å². The van der Waals surface area contributed by atoms with E-state index in [9.17, 15) is 4.79 Å². The van der Waals surface area contributed by atoms with Gasteiger partial charge in [-0.2, -0.15) is 0 Å². The molecule has 0 bridgehead atoms. The number of hydrogen-bond donors (Lipinski definition) is 0. The molecular weight excluding hydrogens is 340 g/mol. The second kappa shape index (κ2) is 6.07. The highest BCUT2D eigenvalue weighted by Crippen LogP contribution is 2.29. The SMILES string of the molecule is CC(C)n1c(SCc2cc(=O)n3ccsc3n2)nc2ccccc21. The molecule has 0 aliphatic heterocycles. The van der Waals surface area contributed by atoms with Gasteiger partial charge < -0.3 is 4.57 Å². The second-order valence-corrected chi connectivity index (χ2v) is 7.59. The molecule has 3 heterocycles. The lowest BCUT2D eigenvalue weighted by Gasteiger charge is -2.12. The van der Waals surface area contributed by atoms with Crippen molar-refractivity contribution in [1.82, 2.24) is 18.9 Å². The molecule has 0 atom stereocenters. The van der Waals surface area contributed by atoms with Crippen molar-refractivity contribution in [1.29, 1.82) is 0 Å². The maximum absolute atomic E-state index is 12.1. The summed E-state index contributed by atoms with van der Waals surface area (Å²) in [6, 6.07) is 10.1. The molecule has 0 aliphatic carbocycles. The van der Waals surface area contributed by atoms with Crippen LogP contribution in [0.5, 0.6) is 0 Å². The zero-order chi connectivity index (χ0) is 16.7. The average molecular weight is 356 g/mol. The summed E-state index contributed by atoms with van der Waals surface area (Å²) in [6.45, 7) is 4.31. The third kappa shape index (κ3) is 2.63. The molecule has 0 N–H and O–H groups in total. The molecule has 0 saturated heterocycles. The minimum absolute atomic E-state index is 0.0331. The van der Waals surface area contributed by atoms with Gasteiger partial charge in [0.25, 0.3) is 5.56 Å². The zero-order valence-electron chi connectivity index (χ0n) is 13.3. The Kier molecular flexibility index (Phi) is 3.90. The molecule has 0 radical (unpaired) electrons. The maximum Gasteiger partial charge on any atom is 0.258 e. The van der Waals surface area contributed by atoms with Gasteiger partial charge in [0.2, 0.25) is 0 Å². The van der Waals surface area contributed by atoms with E-state index in [0.717, 1.165) is 26.8 Å². The van der Waals surface area contributed by atoms with Gasteiger partial charge >= 0.3 is 0 Å². The number of hydrogen-bond acceptors (Lipinski definition) is 5. The number of thioether (sulfide) groups is 1. The molecule has 0 spiro atoms. The van der Waals surface area contributed by atoms with Crippen LogP contribution in [0.25, 0.3) is 16.0 Å². The molecule has 4 rings (SSSR count). The number of para-hydroxylation sites is 2. The summed E-state index contributed by atoms with van der Waals surface area (Å²) in [4.78, 5) is 22.1. The number of imidazole rings is 1. The Bertz CT molecular complexity index is 1080. The first-order valence-corrected chi connectivity index (χ1v) is 9.55. The highest BCUT2D eigenvalue weighted by atomic mass is 32.2. The van der Waals surface area contributed by atoms with Gasteiger partial charge in [-0.3, -0.25) is 9.20 Å². The minimum Gasteiger partial charge on any atom is -0.316 e. The lowest BCUT2D eigenvalue weighted by molar-refractivity contribution is 0.566. The van der Waals surface area contributed by atoms with E-state index in [1.165, 1.54) is 11.3 Å². The van der Waals surface area contributed by atoms with Crippen LogP contribution < -0.4 is 5.56 Å². The van der Waals surface area contributed by atoms with Crippen molar-refractivity contribution in [3.05, 3.63) is 58.0 Å². The third-order valence-corrected chi connectivity index (χ3v) is 5.53. The number of fused-ring (bicyclic) bond motifs is 2. The van der Waals surface area contributed by atoms with E-state index in [1.54, 1.807) is 28.4 Å². The standard InChI is InChI=1S/C17H16N4OS2/c1-11(2)21-14-6-4-3-5-13(14)19-17(21)24-10-12-9-15(22)20-7-8-23-16(20)18-12/h3-9,11H,10H2,1-2H3. The summed E-state index contributed by atoms with van der Waals surface area (Å²) >= 11 is 3.09. The van der Waals surface area contributed by atoms with Gasteiger partial charge in [-0.1, -0.05) is 23.9 Å². The van der Waals surface area contributed by atoms with E-state index < -0.39 is 0 Å². The number of aromatic nitrogens is 4. The van der Waals surface area contributed by atoms with E-state index >= 15 is 0 Å². The lowest BCUT2D eigenvalue weighted by Crippen LogP contribution is -2.12. The van der Waals surface area contributed by atoms with Crippen LogP contribution in [0.4, 0.5) is 0 Å². The monoisotopic (exact) mass is 356 g/mol. The van der Waals surface area contributed by atoms with E-state index in [-0.39, 0.29) is 5.56 Å². The largest absolute Gasteiger partial charge is 0.316 e. The molecular formula is C17H16N4OS2. The summed E-state index contributed by atoms with van der Waals surface area (Å²) in [6.07, 6.45) is 1.75. The van der Waals surface area contributed by atoms with Crippen LogP contribution in [0.15, 0.2) is 51.9 Å². The molecule has 7 heteroatoms. The Hall–Kier alpha value is -2.12. The molecule has 0 unspecified atom stereocenters. The van der Waals surface area contributed by atoms with Crippen LogP contribution >= 0.6 is 23.1 Å².